The second kappa shape index (κ2) is 10.0. The zero-order valence-electron chi connectivity index (χ0n) is 15.3. The van der Waals surface area contributed by atoms with Crippen LogP contribution in [0.25, 0.3) is 6.08 Å². The number of benzene rings is 2. The summed E-state index contributed by atoms with van der Waals surface area (Å²) in [6, 6.07) is 19.5. The molecule has 26 heavy (non-hydrogen) atoms. The van der Waals surface area contributed by atoms with Crippen molar-refractivity contribution in [1.82, 2.24) is 4.90 Å². The molecule has 134 valence electrons. The van der Waals surface area contributed by atoms with Gasteiger partial charge in [0.15, 0.2) is 0 Å². The van der Waals surface area contributed by atoms with Gasteiger partial charge in [-0.05, 0) is 17.7 Å². The van der Waals surface area contributed by atoms with Crippen LogP contribution in [0, 0.1) is 0 Å². The number of rotatable bonds is 9. The smallest absolute Gasteiger partial charge is 0.249 e. The molecule has 0 aliphatic carbocycles. The Labute approximate surface area is 156 Å². The SMILES string of the molecule is C=CCN(CC=C)C(=O)C(/C=C/c1ccccc1)N(C)c1ccccc1. The van der Waals surface area contributed by atoms with Gasteiger partial charge in [-0.15, -0.1) is 13.2 Å². The maximum atomic E-state index is 13.2. The zero-order chi connectivity index (χ0) is 18.8. The fourth-order valence-corrected chi connectivity index (χ4v) is 2.72. The molecule has 1 unspecified atom stereocenters. The Hall–Kier alpha value is -3.07. The molecule has 0 radical (unpaired) electrons. The molecule has 0 heterocycles. The van der Waals surface area contributed by atoms with Gasteiger partial charge in [-0.2, -0.15) is 0 Å². The minimum atomic E-state index is -0.419. The molecule has 0 aliphatic heterocycles. The molecule has 1 amide bonds. The van der Waals surface area contributed by atoms with Crippen molar-refractivity contribution in [2.24, 2.45) is 0 Å². The second-order valence-electron chi connectivity index (χ2n) is 5.98. The van der Waals surface area contributed by atoms with Gasteiger partial charge in [0.05, 0.1) is 0 Å². The van der Waals surface area contributed by atoms with E-state index in [9.17, 15) is 4.79 Å². The molecule has 3 heteroatoms. The van der Waals surface area contributed by atoms with Crippen molar-refractivity contribution in [2.75, 3.05) is 25.0 Å². The summed E-state index contributed by atoms with van der Waals surface area (Å²) in [4.78, 5) is 16.9. The van der Waals surface area contributed by atoms with E-state index in [0.29, 0.717) is 13.1 Å². The molecule has 3 nitrogen and oxygen atoms in total. The van der Waals surface area contributed by atoms with E-state index < -0.39 is 6.04 Å². The van der Waals surface area contributed by atoms with E-state index in [1.807, 2.05) is 84.8 Å². The van der Waals surface area contributed by atoms with E-state index in [0.717, 1.165) is 11.3 Å². The fourth-order valence-electron chi connectivity index (χ4n) is 2.72. The summed E-state index contributed by atoms with van der Waals surface area (Å²) >= 11 is 0. The maximum absolute atomic E-state index is 13.2. The summed E-state index contributed by atoms with van der Waals surface area (Å²) < 4.78 is 0. The van der Waals surface area contributed by atoms with Crippen LogP contribution in [0.3, 0.4) is 0 Å². The van der Waals surface area contributed by atoms with Crippen LogP contribution in [0.15, 0.2) is 92.0 Å². The van der Waals surface area contributed by atoms with Gasteiger partial charge in [0.1, 0.15) is 6.04 Å². The molecular formula is C23H26N2O. The summed E-state index contributed by atoms with van der Waals surface area (Å²) in [6.07, 6.45) is 7.41. The highest BCUT2D eigenvalue weighted by atomic mass is 16.2. The van der Waals surface area contributed by atoms with Crippen molar-refractivity contribution in [3.63, 3.8) is 0 Å². The summed E-state index contributed by atoms with van der Waals surface area (Å²) in [5.74, 6) is 0.0170. The number of anilines is 1. The summed E-state index contributed by atoms with van der Waals surface area (Å²) in [5, 5.41) is 0. The van der Waals surface area contributed by atoms with Crippen molar-refractivity contribution >= 4 is 17.7 Å². The van der Waals surface area contributed by atoms with Gasteiger partial charge in [0.2, 0.25) is 5.91 Å². The molecule has 0 aromatic heterocycles. The van der Waals surface area contributed by atoms with Crippen LogP contribution in [0.2, 0.25) is 0 Å². The van der Waals surface area contributed by atoms with Crippen LogP contribution in [-0.4, -0.2) is 37.0 Å². The predicted octanol–water partition coefficient (Wildman–Crippen LogP) is 4.41. The third-order valence-corrected chi connectivity index (χ3v) is 4.11. The molecule has 1 atom stereocenters. The normalized spacial score (nSPS) is 11.7. The molecule has 0 aliphatic rings. The van der Waals surface area contributed by atoms with Crippen LogP contribution < -0.4 is 4.90 Å². The minimum absolute atomic E-state index is 0.0170. The Balaban J connectivity index is 2.33. The lowest BCUT2D eigenvalue weighted by Crippen LogP contribution is -2.46. The molecule has 0 fully saturated rings. The zero-order valence-corrected chi connectivity index (χ0v) is 15.3. The third-order valence-electron chi connectivity index (χ3n) is 4.11. The average Bonchev–Trinajstić information content (AvgIpc) is 2.69. The number of hydrogen-bond acceptors (Lipinski definition) is 2. The van der Waals surface area contributed by atoms with Crippen molar-refractivity contribution in [1.29, 1.82) is 0 Å². The lowest BCUT2D eigenvalue weighted by Gasteiger charge is -2.31. The lowest BCUT2D eigenvalue weighted by atomic mass is 10.1. The first kappa shape index (κ1) is 19.3. The largest absolute Gasteiger partial charge is 0.360 e. The monoisotopic (exact) mass is 346 g/mol. The molecule has 0 N–H and O–H groups in total. The Kier molecular flexibility index (Phi) is 7.44. The number of carbonyl (C=O) groups excluding carboxylic acids is 1. The Bertz CT molecular complexity index is 727. The Morgan fingerprint density at radius 2 is 1.50 bits per heavy atom. The predicted molar refractivity (Wildman–Crippen MR) is 111 cm³/mol. The third kappa shape index (κ3) is 5.21. The first-order valence-corrected chi connectivity index (χ1v) is 8.69. The van der Waals surface area contributed by atoms with Crippen LogP contribution in [0.4, 0.5) is 5.69 Å². The van der Waals surface area contributed by atoms with Gasteiger partial charge in [-0.1, -0.05) is 72.8 Å². The van der Waals surface area contributed by atoms with Gasteiger partial charge in [0.25, 0.3) is 0 Å². The summed E-state index contributed by atoms with van der Waals surface area (Å²) in [7, 11) is 1.94. The topological polar surface area (TPSA) is 23.6 Å². The Morgan fingerprint density at radius 3 is 2.04 bits per heavy atom. The van der Waals surface area contributed by atoms with Crippen molar-refractivity contribution in [3.8, 4) is 0 Å². The highest BCUT2D eigenvalue weighted by Crippen LogP contribution is 2.18. The second-order valence-corrected chi connectivity index (χ2v) is 5.98. The molecule has 0 spiro atoms. The van der Waals surface area contributed by atoms with E-state index in [1.54, 1.807) is 17.1 Å². The summed E-state index contributed by atoms with van der Waals surface area (Å²) in [5.41, 5.74) is 2.05. The van der Waals surface area contributed by atoms with Gasteiger partial charge < -0.3 is 9.80 Å². The van der Waals surface area contributed by atoms with E-state index in [-0.39, 0.29) is 5.91 Å². The van der Waals surface area contributed by atoms with Gasteiger partial charge >= 0.3 is 0 Å². The molecule has 2 aromatic rings. The van der Waals surface area contributed by atoms with Crippen LogP contribution in [-0.2, 0) is 4.79 Å². The quantitative estimate of drug-likeness (QED) is 0.628. The number of para-hydroxylation sites is 1. The van der Waals surface area contributed by atoms with Gasteiger partial charge in [0, 0.05) is 25.8 Å². The van der Waals surface area contributed by atoms with E-state index in [4.69, 9.17) is 0 Å². The number of carbonyl (C=O) groups is 1. The fraction of sp³-hybridized carbons (Fsp3) is 0.174. The van der Waals surface area contributed by atoms with Crippen molar-refractivity contribution < 1.29 is 4.79 Å². The lowest BCUT2D eigenvalue weighted by molar-refractivity contribution is -0.130. The molecule has 0 saturated heterocycles. The highest BCUT2D eigenvalue weighted by Gasteiger charge is 2.25. The minimum Gasteiger partial charge on any atom is -0.360 e. The van der Waals surface area contributed by atoms with Crippen molar-refractivity contribution in [3.05, 3.63) is 97.6 Å². The first-order valence-electron chi connectivity index (χ1n) is 8.69. The van der Waals surface area contributed by atoms with E-state index in [1.165, 1.54) is 0 Å². The van der Waals surface area contributed by atoms with Crippen LogP contribution >= 0.6 is 0 Å². The summed E-state index contributed by atoms with van der Waals surface area (Å²) in [6.45, 7) is 8.50. The molecule has 2 aromatic carbocycles. The van der Waals surface area contributed by atoms with Crippen LogP contribution in [0.5, 0.6) is 0 Å². The molecule has 0 bridgehead atoms. The van der Waals surface area contributed by atoms with E-state index >= 15 is 0 Å². The number of hydrogen-bond donors (Lipinski definition) is 0. The average molecular weight is 346 g/mol. The number of amides is 1. The number of nitrogens with zero attached hydrogens (tertiary/aromatic N) is 2. The van der Waals surface area contributed by atoms with E-state index in [2.05, 4.69) is 13.2 Å². The van der Waals surface area contributed by atoms with Gasteiger partial charge in [-0.3, -0.25) is 4.79 Å². The molecular weight excluding hydrogens is 320 g/mol. The maximum Gasteiger partial charge on any atom is 0.249 e. The molecule has 0 saturated carbocycles. The van der Waals surface area contributed by atoms with Gasteiger partial charge in [-0.25, -0.2) is 0 Å². The standard InChI is InChI=1S/C23H26N2O/c1-4-18-25(19-5-2)23(26)22(17-16-20-12-8-6-9-13-20)24(3)21-14-10-7-11-15-21/h4-17,22H,1-2,18-19H2,3H3/b17-16+. The van der Waals surface area contributed by atoms with Crippen molar-refractivity contribution in [2.45, 2.75) is 6.04 Å². The number of likely N-dealkylation sites (N-methyl/N-ethyl adjacent to an activating group) is 1. The highest BCUT2D eigenvalue weighted by molar-refractivity contribution is 5.88. The Morgan fingerprint density at radius 1 is 0.962 bits per heavy atom. The molecule has 2 rings (SSSR count). The first-order chi connectivity index (χ1) is 12.7. The van der Waals surface area contributed by atoms with Crippen LogP contribution in [0.1, 0.15) is 5.56 Å².